The summed E-state index contributed by atoms with van der Waals surface area (Å²) >= 11 is 0. The standard InChI is InChI=1S/C22H27NO4/c1-5-15(2)20(17-11-7-6-8-12-17)22(25)27-16(3)21(24)23-18-13-9-10-14-19(18)26-4/h6-16,20H,5H2,1-4H3,(H,23,24)/t15-,16+,20+/m1/s1. The van der Waals surface area contributed by atoms with Gasteiger partial charge in [0.2, 0.25) is 0 Å². The number of carbonyl (C=O) groups excluding carboxylic acids is 2. The summed E-state index contributed by atoms with van der Waals surface area (Å²) < 4.78 is 10.7. The lowest BCUT2D eigenvalue weighted by atomic mass is 9.85. The van der Waals surface area contributed by atoms with Crippen LogP contribution in [0.15, 0.2) is 54.6 Å². The molecule has 0 aromatic heterocycles. The molecular formula is C22H27NO4. The first kappa shape index (κ1) is 20.5. The van der Waals surface area contributed by atoms with Crippen LogP contribution in [0.1, 0.15) is 38.7 Å². The second-order valence-electron chi connectivity index (χ2n) is 6.54. The van der Waals surface area contributed by atoms with Crippen LogP contribution < -0.4 is 10.1 Å². The summed E-state index contributed by atoms with van der Waals surface area (Å²) in [4.78, 5) is 25.3. The molecule has 5 nitrogen and oxygen atoms in total. The summed E-state index contributed by atoms with van der Waals surface area (Å²) in [6.45, 7) is 5.62. The zero-order valence-electron chi connectivity index (χ0n) is 16.3. The van der Waals surface area contributed by atoms with E-state index < -0.39 is 23.9 Å². The Bertz CT molecular complexity index is 760. The molecule has 2 rings (SSSR count). The van der Waals surface area contributed by atoms with E-state index >= 15 is 0 Å². The van der Waals surface area contributed by atoms with Crippen LogP contribution in [0.5, 0.6) is 5.75 Å². The molecule has 0 bridgehead atoms. The van der Waals surface area contributed by atoms with Crippen molar-refractivity contribution in [3.05, 3.63) is 60.2 Å². The largest absolute Gasteiger partial charge is 0.495 e. The molecule has 0 heterocycles. The number of ether oxygens (including phenoxy) is 2. The van der Waals surface area contributed by atoms with Crippen LogP contribution in [0.2, 0.25) is 0 Å². The van der Waals surface area contributed by atoms with Gasteiger partial charge in [-0.3, -0.25) is 9.59 Å². The number of nitrogens with one attached hydrogen (secondary N) is 1. The number of rotatable bonds is 8. The molecule has 0 fully saturated rings. The number of amides is 1. The van der Waals surface area contributed by atoms with Crippen molar-refractivity contribution in [3.63, 3.8) is 0 Å². The normalized spacial score (nSPS) is 13.9. The SMILES string of the molecule is CC[C@@H](C)[C@H](C(=O)O[C@@H](C)C(=O)Nc1ccccc1OC)c1ccccc1. The average Bonchev–Trinajstić information content (AvgIpc) is 2.69. The Balaban J connectivity index is 2.09. The van der Waals surface area contributed by atoms with E-state index in [2.05, 4.69) is 5.32 Å². The number of benzene rings is 2. The quantitative estimate of drug-likeness (QED) is 0.701. The minimum atomic E-state index is -0.919. The van der Waals surface area contributed by atoms with E-state index in [0.717, 1.165) is 12.0 Å². The lowest BCUT2D eigenvalue weighted by Crippen LogP contribution is -2.33. The van der Waals surface area contributed by atoms with Crippen molar-refractivity contribution < 1.29 is 19.1 Å². The van der Waals surface area contributed by atoms with Gasteiger partial charge in [-0.2, -0.15) is 0 Å². The second kappa shape index (κ2) is 9.76. The maximum atomic E-state index is 12.8. The van der Waals surface area contributed by atoms with Gasteiger partial charge >= 0.3 is 5.97 Å². The Kier molecular flexibility index (Phi) is 7.41. The smallest absolute Gasteiger partial charge is 0.314 e. The highest BCUT2D eigenvalue weighted by Crippen LogP contribution is 2.29. The predicted octanol–water partition coefficient (Wildman–Crippen LogP) is 4.40. The zero-order chi connectivity index (χ0) is 19.8. The highest BCUT2D eigenvalue weighted by molar-refractivity contribution is 5.96. The minimum Gasteiger partial charge on any atom is -0.495 e. The molecular weight excluding hydrogens is 342 g/mol. The van der Waals surface area contributed by atoms with Crippen molar-refractivity contribution in [1.82, 2.24) is 0 Å². The van der Waals surface area contributed by atoms with Gasteiger partial charge in [0, 0.05) is 0 Å². The molecule has 0 saturated heterocycles. The van der Waals surface area contributed by atoms with Crippen LogP contribution in [0.4, 0.5) is 5.69 Å². The Morgan fingerprint density at radius 3 is 2.26 bits per heavy atom. The molecule has 0 unspecified atom stereocenters. The van der Waals surface area contributed by atoms with Crippen molar-refractivity contribution >= 4 is 17.6 Å². The van der Waals surface area contributed by atoms with Gasteiger partial charge in [0.1, 0.15) is 5.75 Å². The second-order valence-corrected chi connectivity index (χ2v) is 6.54. The van der Waals surface area contributed by atoms with Crippen LogP contribution in [-0.4, -0.2) is 25.1 Å². The van der Waals surface area contributed by atoms with Crippen LogP contribution >= 0.6 is 0 Å². The van der Waals surface area contributed by atoms with E-state index in [0.29, 0.717) is 11.4 Å². The lowest BCUT2D eigenvalue weighted by Gasteiger charge is -2.24. The summed E-state index contributed by atoms with van der Waals surface area (Å²) in [6, 6.07) is 16.6. The fraction of sp³-hybridized carbons (Fsp3) is 0.364. The molecule has 27 heavy (non-hydrogen) atoms. The third-order valence-electron chi connectivity index (χ3n) is 4.65. The molecule has 1 amide bonds. The molecule has 2 aromatic rings. The molecule has 0 aliphatic carbocycles. The van der Waals surface area contributed by atoms with E-state index in [1.54, 1.807) is 25.1 Å². The van der Waals surface area contributed by atoms with Gasteiger partial charge in [-0.15, -0.1) is 0 Å². The molecule has 0 saturated carbocycles. The van der Waals surface area contributed by atoms with E-state index in [1.807, 2.05) is 50.2 Å². The highest BCUT2D eigenvalue weighted by Gasteiger charge is 2.30. The van der Waals surface area contributed by atoms with Crippen LogP contribution in [0.3, 0.4) is 0 Å². The van der Waals surface area contributed by atoms with E-state index in [9.17, 15) is 9.59 Å². The molecule has 0 spiro atoms. The van der Waals surface area contributed by atoms with Crippen molar-refractivity contribution in [2.75, 3.05) is 12.4 Å². The number of para-hydroxylation sites is 2. The topological polar surface area (TPSA) is 64.6 Å². The fourth-order valence-corrected chi connectivity index (χ4v) is 2.88. The van der Waals surface area contributed by atoms with E-state index in [4.69, 9.17) is 9.47 Å². The molecule has 3 atom stereocenters. The van der Waals surface area contributed by atoms with Crippen LogP contribution in [0.25, 0.3) is 0 Å². The number of esters is 1. The van der Waals surface area contributed by atoms with E-state index in [-0.39, 0.29) is 5.92 Å². The van der Waals surface area contributed by atoms with E-state index in [1.165, 1.54) is 7.11 Å². The van der Waals surface area contributed by atoms with Gasteiger partial charge in [-0.05, 0) is 30.5 Å². The van der Waals surface area contributed by atoms with Gasteiger partial charge in [0.05, 0.1) is 18.7 Å². The van der Waals surface area contributed by atoms with Crippen molar-refractivity contribution in [1.29, 1.82) is 0 Å². The molecule has 0 aliphatic heterocycles. The summed E-state index contributed by atoms with van der Waals surface area (Å²) in [7, 11) is 1.53. The summed E-state index contributed by atoms with van der Waals surface area (Å²) in [5.74, 6) is -0.546. The summed E-state index contributed by atoms with van der Waals surface area (Å²) in [6.07, 6.45) is -0.0890. The summed E-state index contributed by atoms with van der Waals surface area (Å²) in [5.41, 5.74) is 1.43. The fourth-order valence-electron chi connectivity index (χ4n) is 2.88. The third-order valence-corrected chi connectivity index (χ3v) is 4.65. The monoisotopic (exact) mass is 369 g/mol. The molecule has 0 radical (unpaired) electrons. The molecule has 144 valence electrons. The predicted molar refractivity (Wildman–Crippen MR) is 106 cm³/mol. The first-order valence-corrected chi connectivity index (χ1v) is 9.17. The Morgan fingerprint density at radius 2 is 1.63 bits per heavy atom. The van der Waals surface area contributed by atoms with Gasteiger partial charge < -0.3 is 14.8 Å². The third kappa shape index (κ3) is 5.33. The Hall–Kier alpha value is -2.82. The molecule has 0 aliphatic rings. The highest BCUT2D eigenvalue weighted by atomic mass is 16.5. The van der Waals surface area contributed by atoms with Crippen LogP contribution in [0, 0.1) is 5.92 Å². The van der Waals surface area contributed by atoms with Crippen molar-refractivity contribution in [2.45, 2.75) is 39.2 Å². The number of methoxy groups -OCH3 is 1. The Morgan fingerprint density at radius 1 is 1.00 bits per heavy atom. The van der Waals surface area contributed by atoms with Crippen LogP contribution in [-0.2, 0) is 14.3 Å². The maximum absolute atomic E-state index is 12.8. The lowest BCUT2D eigenvalue weighted by molar-refractivity contribution is -0.155. The number of carbonyl (C=O) groups is 2. The maximum Gasteiger partial charge on any atom is 0.314 e. The van der Waals surface area contributed by atoms with Gasteiger partial charge in [-0.1, -0.05) is 62.7 Å². The zero-order valence-corrected chi connectivity index (χ0v) is 16.3. The first-order chi connectivity index (χ1) is 13.0. The Labute approximate surface area is 160 Å². The van der Waals surface area contributed by atoms with Gasteiger partial charge in [-0.25, -0.2) is 0 Å². The minimum absolute atomic E-state index is 0.101. The average molecular weight is 369 g/mol. The van der Waals surface area contributed by atoms with Crippen molar-refractivity contribution in [3.8, 4) is 5.75 Å². The molecule has 5 heteroatoms. The number of anilines is 1. The van der Waals surface area contributed by atoms with Gasteiger partial charge in [0.15, 0.2) is 6.10 Å². The number of hydrogen-bond acceptors (Lipinski definition) is 4. The van der Waals surface area contributed by atoms with Gasteiger partial charge in [0.25, 0.3) is 5.91 Å². The molecule has 2 aromatic carbocycles. The summed E-state index contributed by atoms with van der Waals surface area (Å²) in [5, 5.41) is 2.75. The van der Waals surface area contributed by atoms with Crippen molar-refractivity contribution in [2.24, 2.45) is 5.92 Å². The number of hydrogen-bond donors (Lipinski definition) is 1. The molecule has 1 N–H and O–H groups in total. The first-order valence-electron chi connectivity index (χ1n) is 9.17.